The van der Waals surface area contributed by atoms with Crippen LogP contribution >= 0.6 is 15.9 Å². The maximum Gasteiger partial charge on any atom is 0.363 e. The number of ether oxygens (including phenoxy) is 1. The SMILES string of the molecule is Cc1cccc(C2=N/C(=C/c3ccc(Br)o3)C(=O)O2)c1. The van der Waals surface area contributed by atoms with Gasteiger partial charge in [0.05, 0.1) is 0 Å². The summed E-state index contributed by atoms with van der Waals surface area (Å²) in [5.41, 5.74) is 2.08. The summed E-state index contributed by atoms with van der Waals surface area (Å²) in [6.45, 7) is 1.97. The van der Waals surface area contributed by atoms with E-state index in [4.69, 9.17) is 9.15 Å². The lowest BCUT2D eigenvalue weighted by atomic mass is 10.1. The molecule has 2 aromatic rings. The Morgan fingerprint density at radius 2 is 2.10 bits per heavy atom. The van der Waals surface area contributed by atoms with E-state index in [1.165, 1.54) is 0 Å². The van der Waals surface area contributed by atoms with Crippen molar-refractivity contribution >= 4 is 33.9 Å². The zero-order chi connectivity index (χ0) is 14.1. The Balaban J connectivity index is 1.94. The van der Waals surface area contributed by atoms with Crippen LogP contribution in [0.5, 0.6) is 0 Å². The van der Waals surface area contributed by atoms with Gasteiger partial charge in [0.15, 0.2) is 10.4 Å². The topological polar surface area (TPSA) is 51.8 Å². The van der Waals surface area contributed by atoms with E-state index >= 15 is 0 Å². The number of carbonyl (C=O) groups excluding carboxylic acids is 1. The molecule has 0 spiro atoms. The summed E-state index contributed by atoms with van der Waals surface area (Å²) in [5, 5.41) is 0. The molecular weight excluding hydrogens is 322 g/mol. The second-order valence-electron chi connectivity index (χ2n) is 4.35. The van der Waals surface area contributed by atoms with Gasteiger partial charge in [-0.05, 0) is 47.1 Å². The monoisotopic (exact) mass is 331 g/mol. The van der Waals surface area contributed by atoms with Crippen molar-refractivity contribution in [2.24, 2.45) is 4.99 Å². The molecule has 3 rings (SSSR count). The van der Waals surface area contributed by atoms with Gasteiger partial charge in [0.1, 0.15) is 5.76 Å². The molecule has 1 aliphatic heterocycles. The van der Waals surface area contributed by atoms with Crippen LogP contribution in [-0.2, 0) is 9.53 Å². The summed E-state index contributed by atoms with van der Waals surface area (Å²) in [4.78, 5) is 16.0. The molecule has 0 fully saturated rings. The molecule has 0 atom stereocenters. The van der Waals surface area contributed by atoms with Crippen LogP contribution in [0.25, 0.3) is 6.08 Å². The molecule has 0 amide bonds. The van der Waals surface area contributed by atoms with Crippen LogP contribution in [0, 0.1) is 6.92 Å². The lowest BCUT2D eigenvalue weighted by molar-refractivity contribution is -0.129. The van der Waals surface area contributed by atoms with Gasteiger partial charge in [-0.2, -0.15) is 0 Å². The normalized spacial score (nSPS) is 16.4. The zero-order valence-corrected chi connectivity index (χ0v) is 12.2. The van der Waals surface area contributed by atoms with Gasteiger partial charge in [-0.1, -0.05) is 17.7 Å². The summed E-state index contributed by atoms with van der Waals surface area (Å²) in [6.07, 6.45) is 1.55. The molecule has 1 aromatic carbocycles. The Morgan fingerprint density at radius 3 is 2.80 bits per heavy atom. The second kappa shape index (κ2) is 5.09. The van der Waals surface area contributed by atoms with Crippen LogP contribution in [0.15, 0.2) is 56.2 Å². The third-order valence-electron chi connectivity index (χ3n) is 2.76. The number of carbonyl (C=O) groups is 1. The van der Waals surface area contributed by atoms with Crippen molar-refractivity contribution in [3.05, 3.63) is 63.7 Å². The molecule has 0 unspecified atom stereocenters. The highest BCUT2D eigenvalue weighted by molar-refractivity contribution is 9.10. The second-order valence-corrected chi connectivity index (χ2v) is 5.13. The average molecular weight is 332 g/mol. The van der Waals surface area contributed by atoms with Crippen LogP contribution in [0.2, 0.25) is 0 Å². The minimum Gasteiger partial charge on any atom is -0.450 e. The van der Waals surface area contributed by atoms with Crippen molar-refractivity contribution < 1.29 is 13.9 Å². The largest absolute Gasteiger partial charge is 0.450 e. The molecule has 1 aromatic heterocycles. The summed E-state index contributed by atoms with van der Waals surface area (Å²) in [6, 6.07) is 11.1. The third-order valence-corrected chi connectivity index (χ3v) is 3.18. The summed E-state index contributed by atoms with van der Waals surface area (Å²) < 4.78 is 11.1. The maximum atomic E-state index is 11.8. The maximum absolute atomic E-state index is 11.8. The fourth-order valence-electron chi connectivity index (χ4n) is 1.85. The average Bonchev–Trinajstić information content (AvgIpc) is 2.97. The predicted molar refractivity (Wildman–Crippen MR) is 78.2 cm³/mol. The van der Waals surface area contributed by atoms with Crippen molar-refractivity contribution in [2.45, 2.75) is 6.92 Å². The number of hydrogen-bond acceptors (Lipinski definition) is 4. The molecule has 4 nitrogen and oxygen atoms in total. The lowest BCUT2D eigenvalue weighted by Crippen LogP contribution is -2.05. The Kier molecular flexibility index (Phi) is 3.28. The number of halogens is 1. The van der Waals surface area contributed by atoms with E-state index < -0.39 is 5.97 Å². The number of rotatable bonds is 2. The van der Waals surface area contributed by atoms with Crippen LogP contribution < -0.4 is 0 Å². The van der Waals surface area contributed by atoms with E-state index in [9.17, 15) is 4.79 Å². The van der Waals surface area contributed by atoms with Crippen molar-refractivity contribution in [1.82, 2.24) is 0 Å². The van der Waals surface area contributed by atoms with Gasteiger partial charge in [-0.3, -0.25) is 0 Å². The van der Waals surface area contributed by atoms with E-state index in [0.717, 1.165) is 11.1 Å². The Labute approximate surface area is 123 Å². The number of nitrogens with zero attached hydrogens (tertiary/aromatic N) is 1. The first kappa shape index (κ1) is 12.9. The first-order chi connectivity index (χ1) is 9.61. The molecule has 0 bridgehead atoms. The summed E-state index contributed by atoms with van der Waals surface area (Å²) >= 11 is 3.21. The van der Waals surface area contributed by atoms with Gasteiger partial charge < -0.3 is 9.15 Å². The minimum atomic E-state index is -0.478. The van der Waals surface area contributed by atoms with Gasteiger partial charge in [0, 0.05) is 11.6 Å². The molecule has 0 radical (unpaired) electrons. The predicted octanol–water partition coefficient (Wildman–Crippen LogP) is 3.70. The molecule has 0 N–H and O–H groups in total. The van der Waals surface area contributed by atoms with Crippen molar-refractivity contribution in [3.63, 3.8) is 0 Å². The number of aryl methyl sites for hydroxylation is 1. The fourth-order valence-corrected chi connectivity index (χ4v) is 2.17. The van der Waals surface area contributed by atoms with Gasteiger partial charge in [-0.25, -0.2) is 9.79 Å². The van der Waals surface area contributed by atoms with Gasteiger partial charge in [-0.15, -0.1) is 0 Å². The highest BCUT2D eigenvalue weighted by atomic mass is 79.9. The molecule has 2 heterocycles. The number of furan rings is 1. The minimum absolute atomic E-state index is 0.225. The van der Waals surface area contributed by atoms with Gasteiger partial charge >= 0.3 is 5.97 Å². The van der Waals surface area contributed by atoms with Crippen molar-refractivity contribution in [3.8, 4) is 0 Å². The highest BCUT2D eigenvalue weighted by Gasteiger charge is 2.24. The number of cyclic esters (lactones) is 1. The molecule has 100 valence electrons. The van der Waals surface area contributed by atoms with E-state index in [1.807, 2.05) is 31.2 Å². The number of esters is 1. The Hall–Kier alpha value is -2.14. The van der Waals surface area contributed by atoms with E-state index in [-0.39, 0.29) is 5.70 Å². The standard InChI is InChI=1S/C15H10BrNO3/c1-9-3-2-4-10(7-9)14-17-12(15(18)20-14)8-11-5-6-13(16)19-11/h2-8H,1H3/b12-8+. The highest BCUT2D eigenvalue weighted by Crippen LogP contribution is 2.22. The van der Waals surface area contributed by atoms with Crippen LogP contribution in [0.1, 0.15) is 16.9 Å². The lowest BCUT2D eigenvalue weighted by Gasteiger charge is -1.99. The Morgan fingerprint density at radius 1 is 1.25 bits per heavy atom. The molecule has 0 saturated carbocycles. The van der Waals surface area contributed by atoms with E-state index in [0.29, 0.717) is 16.3 Å². The zero-order valence-electron chi connectivity index (χ0n) is 10.6. The third kappa shape index (κ3) is 2.58. The molecular formula is C15H10BrNO3. The molecule has 0 saturated heterocycles. The van der Waals surface area contributed by atoms with Crippen LogP contribution in [0.4, 0.5) is 0 Å². The molecule has 5 heteroatoms. The van der Waals surface area contributed by atoms with Crippen LogP contribution in [-0.4, -0.2) is 11.9 Å². The molecule has 1 aliphatic rings. The smallest absolute Gasteiger partial charge is 0.363 e. The number of benzene rings is 1. The first-order valence-electron chi connectivity index (χ1n) is 5.97. The van der Waals surface area contributed by atoms with Gasteiger partial charge in [0.25, 0.3) is 0 Å². The quantitative estimate of drug-likeness (QED) is 0.622. The number of hydrogen-bond donors (Lipinski definition) is 0. The molecule has 20 heavy (non-hydrogen) atoms. The summed E-state index contributed by atoms with van der Waals surface area (Å²) in [5.74, 6) is 0.377. The Bertz CT molecular complexity index is 743. The fraction of sp³-hybridized carbons (Fsp3) is 0.0667. The number of aliphatic imine (C=N–C) groups is 1. The van der Waals surface area contributed by atoms with Gasteiger partial charge in [0.2, 0.25) is 5.90 Å². The first-order valence-corrected chi connectivity index (χ1v) is 6.76. The van der Waals surface area contributed by atoms with Crippen molar-refractivity contribution in [1.29, 1.82) is 0 Å². The van der Waals surface area contributed by atoms with Crippen LogP contribution in [0.3, 0.4) is 0 Å². The van der Waals surface area contributed by atoms with Crippen molar-refractivity contribution in [2.75, 3.05) is 0 Å². The summed E-state index contributed by atoms with van der Waals surface area (Å²) in [7, 11) is 0. The molecule has 0 aliphatic carbocycles. The van der Waals surface area contributed by atoms with E-state index in [2.05, 4.69) is 20.9 Å². The van der Waals surface area contributed by atoms with E-state index in [1.54, 1.807) is 18.2 Å².